The van der Waals surface area contributed by atoms with Gasteiger partial charge in [0.2, 0.25) is 0 Å². The van der Waals surface area contributed by atoms with Crippen LogP contribution in [0.25, 0.3) is 0 Å². The Hall–Kier alpha value is 0.430. The van der Waals surface area contributed by atoms with Crippen LogP contribution in [0.2, 0.25) is 0 Å². The predicted molar refractivity (Wildman–Crippen MR) is 45.8 cm³/mol. The van der Waals surface area contributed by atoms with Gasteiger partial charge in [-0.1, -0.05) is 0 Å². The number of hydrogen-bond acceptors (Lipinski definition) is 0. The quantitative estimate of drug-likeness (QED) is 0.446. The zero-order chi connectivity index (χ0) is 7.00. The molecule has 0 bridgehead atoms. The van der Waals surface area contributed by atoms with Crippen LogP contribution >= 0.6 is 7.26 Å². The van der Waals surface area contributed by atoms with Crippen molar-refractivity contribution in [3.05, 3.63) is 0 Å². The average molecular weight is 134 g/mol. The Morgan fingerprint density at radius 3 is 1.00 bits per heavy atom. The Balaban J connectivity index is 4.02. The Kier molecular flexibility index (Phi) is 2.10. The molecule has 52 valence electrons. The molecule has 0 heterocycles. The molecule has 0 fully saturated rings. The molecule has 0 rings (SSSR count). The van der Waals surface area contributed by atoms with E-state index in [1.807, 2.05) is 0 Å². The van der Waals surface area contributed by atoms with Gasteiger partial charge in [0.05, 0.1) is 0 Å². The van der Waals surface area contributed by atoms with Gasteiger partial charge in [-0.3, -0.25) is 0 Å². The fourth-order valence-electron chi connectivity index (χ4n) is 0. The molecule has 0 aliphatic carbocycles. The van der Waals surface area contributed by atoms with E-state index in [-0.39, 0.29) is 0 Å². The Bertz CT molecular complexity index is 59.4. The van der Waals surface area contributed by atoms with Gasteiger partial charge in [-0.05, 0) is 0 Å². The minimum absolute atomic E-state index is 0.576. The summed E-state index contributed by atoms with van der Waals surface area (Å²) in [7, 11) is -0.859. The summed E-state index contributed by atoms with van der Waals surface area (Å²) in [5, 5.41) is 0.576. The fraction of sp³-hybridized carbons (Fsp3) is 1.00. The zero-order valence-electron chi connectivity index (χ0n) is 7.00. The predicted octanol–water partition coefficient (Wildman–Crippen LogP) is 2.42. The van der Waals surface area contributed by atoms with E-state index < -0.39 is 7.26 Å². The van der Waals surface area contributed by atoms with Gasteiger partial charge in [0.25, 0.3) is 0 Å². The first-order valence-electron chi connectivity index (χ1n) is 3.25. The molecule has 0 saturated carbocycles. The van der Waals surface area contributed by atoms with Crippen molar-refractivity contribution in [3.8, 4) is 0 Å². The van der Waals surface area contributed by atoms with Gasteiger partial charge in [-0.25, -0.2) is 0 Å². The second-order valence-corrected chi connectivity index (χ2v) is 10.5. The molecule has 0 saturated heterocycles. The molecule has 0 aliphatic rings. The van der Waals surface area contributed by atoms with E-state index in [2.05, 4.69) is 40.8 Å². The molecule has 0 aliphatic heterocycles. The molecule has 8 heavy (non-hydrogen) atoms. The van der Waals surface area contributed by atoms with Crippen molar-refractivity contribution in [1.29, 1.82) is 0 Å². The third-order valence-electron chi connectivity index (χ3n) is 2.25. The monoisotopic (exact) mass is 134 g/mol. The Morgan fingerprint density at radius 2 is 1.00 bits per heavy atom. The molecule has 0 nitrogen and oxygen atoms in total. The molecule has 0 spiro atoms. The van der Waals surface area contributed by atoms with Crippen molar-refractivity contribution in [3.63, 3.8) is 0 Å². The second kappa shape index (κ2) is 1.99. The van der Waals surface area contributed by atoms with Crippen molar-refractivity contribution in [2.75, 3.05) is 20.0 Å². The summed E-state index contributed by atoms with van der Waals surface area (Å²) < 4.78 is 0. The van der Waals surface area contributed by atoms with Crippen LogP contribution in [0.1, 0.15) is 20.8 Å². The topological polar surface area (TPSA) is 0 Å². The van der Waals surface area contributed by atoms with Crippen LogP contribution in [0.15, 0.2) is 0 Å². The number of rotatable bonds is 0. The summed E-state index contributed by atoms with van der Waals surface area (Å²) in [5.74, 6) is 0. The van der Waals surface area contributed by atoms with Gasteiger partial charge in [-0.15, -0.1) is 0 Å². The molecule has 1 heteroatoms. The van der Waals surface area contributed by atoms with E-state index in [4.69, 9.17) is 0 Å². The first-order chi connectivity index (χ1) is 3.25. The van der Waals surface area contributed by atoms with Crippen LogP contribution < -0.4 is 0 Å². The molecular weight excluding hydrogens is 115 g/mol. The Labute approximate surface area is 54.0 Å². The van der Waals surface area contributed by atoms with Gasteiger partial charge < -0.3 is 0 Å². The average Bonchev–Trinajstić information content (AvgIpc) is 1.25. The summed E-state index contributed by atoms with van der Waals surface area (Å²) in [6, 6.07) is 0. The summed E-state index contributed by atoms with van der Waals surface area (Å²) >= 11 is 0. The van der Waals surface area contributed by atoms with Crippen LogP contribution in [0, 0.1) is 0 Å². The molecule has 0 radical (unpaired) electrons. The van der Waals surface area contributed by atoms with Crippen molar-refractivity contribution in [2.45, 2.75) is 25.9 Å². The zero-order valence-corrected chi connectivity index (χ0v) is 8.00. The van der Waals surface area contributed by atoms with Crippen LogP contribution in [0.4, 0.5) is 0 Å². The van der Waals surface area contributed by atoms with E-state index >= 15 is 0 Å². The maximum atomic E-state index is 2.41. The van der Waals surface area contributed by atoms with Crippen molar-refractivity contribution < 1.29 is 0 Å². The Morgan fingerprint density at radius 1 is 0.875 bits per heavy atom. The van der Waals surface area contributed by atoms with E-state index in [1.165, 1.54) is 0 Å². The molecule has 0 amide bonds. The molecular formula is C7H19P. The van der Waals surface area contributed by atoms with E-state index in [0.717, 1.165) is 0 Å². The fourth-order valence-corrected chi connectivity index (χ4v) is 0. The van der Waals surface area contributed by atoms with Gasteiger partial charge in [-0.2, -0.15) is 0 Å². The molecule has 0 aromatic rings. The molecule has 0 aromatic carbocycles. The summed E-state index contributed by atoms with van der Waals surface area (Å²) in [6.45, 7) is 14.2. The third kappa shape index (κ3) is 2.13. The molecule has 0 atom stereocenters. The summed E-state index contributed by atoms with van der Waals surface area (Å²) in [4.78, 5) is 0. The van der Waals surface area contributed by atoms with Crippen molar-refractivity contribution in [2.24, 2.45) is 0 Å². The van der Waals surface area contributed by atoms with E-state index in [0.29, 0.717) is 5.16 Å². The van der Waals surface area contributed by atoms with Crippen LogP contribution in [-0.2, 0) is 0 Å². The first kappa shape index (κ1) is 8.43. The van der Waals surface area contributed by atoms with Gasteiger partial charge in [0, 0.05) is 0 Å². The van der Waals surface area contributed by atoms with E-state index in [9.17, 15) is 0 Å². The normalized spacial score (nSPS) is 16.2. The van der Waals surface area contributed by atoms with Crippen LogP contribution in [-0.4, -0.2) is 25.2 Å². The summed E-state index contributed by atoms with van der Waals surface area (Å²) in [5.41, 5.74) is 0. The van der Waals surface area contributed by atoms with Gasteiger partial charge >= 0.3 is 53.2 Å². The van der Waals surface area contributed by atoms with Gasteiger partial charge in [0.15, 0.2) is 0 Å². The van der Waals surface area contributed by atoms with Gasteiger partial charge in [0.1, 0.15) is 0 Å². The van der Waals surface area contributed by atoms with Crippen molar-refractivity contribution in [1.82, 2.24) is 0 Å². The van der Waals surface area contributed by atoms with E-state index in [1.54, 1.807) is 0 Å². The van der Waals surface area contributed by atoms with Crippen LogP contribution in [0.5, 0.6) is 0 Å². The number of hydrogen-bond donors (Lipinski definition) is 0. The first-order valence-corrected chi connectivity index (χ1v) is 6.75. The second-order valence-electron chi connectivity index (χ2n) is 4.50. The summed E-state index contributed by atoms with van der Waals surface area (Å²) in [6.07, 6.45) is 0. The van der Waals surface area contributed by atoms with Crippen molar-refractivity contribution >= 4 is 7.26 Å². The van der Waals surface area contributed by atoms with Crippen LogP contribution in [0.3, 0.4) is 0 Å². The SMILES string of the molecule is CC(C)(C)[PH](C)(C)C. The minimum atomic E-state index is -0.859. The molecule has 0 unspecified atom stereocenters. The maximum absolute atomic E-state index is 2.41. The standard InChI is InChI=1S/C7H19P/c1-7(2,3)8(4,5)6/h8H,1-6H3. The molecule has 0 N–H and O–H groups in total. The third-order valence-corrected chi connectivity index (χ3v) is 6.75. The molecule has 0 aromatic heterocycles.